The van der Waals surface area contributed by atoms with Gasteiger partial charge in [0.15, 0.2) is 0 Å². The summed E-state index contributed by atoms with van der Waals surface area (Å²) in [6, 6.07) is 5.75. The summed E-state index contributed by atoms with van der Waals surface area (Å²) in [6.07, 6.45) is 0.771. The molecule has 1 aliphatic heterocycles. The topological polar surface area (TPSA) is 63.4 Å². The molecule has 0 fully saturated rings. The molecular formula is C13H20N2O2S. The first-order valence-corrected chi connectivity index (χ1v) is 7.84. The van der Waals surface area contributed by atoms with Crippen molar-refractivity contribution in [3.05, 3.63) is 29.3 Å². The highest BCUT2D eigenvalue weighted by atomic mass is 32.2. The van der Waals surface area contributed by atoms with Crippen LogP contribution in [0.2, 0.25) is 0 Å². The van der Waals surface area contributed by atoms with Gasteiger partial charge in [-0.25, -0.2) is 8.42 Å². The van der Waals surface area contributed by atoms with Crippen LogP contribution >= 0.6 is 0 Å². The Balaban J connectivity index is 2.21. The van der Waals surface area contributed by atoms with Crippen molar-refractivity contribution in [3.63, 3.8) is 0 Å². The molecule has 1 aliphatic rings. The summed E-state index contributed by atoms with van der Waals surface area (Å²) in [5.74, 6) is 0.363. The van der Waals surface area contributed by atoms with Crippen molar-refractivity contribution in [1.29, 1.82) is 0 Å². The molecule has 0 radical (unpaired) electrons. The van der Waals surface area contributed by atoms with E-state index in [0.717, 1.165) is 12.0 Å². The fourth-order valence-electron chi connectivity index (χ4n) is 2.32. The average Bonchev–Trinajstić information content (AvgIpc) is 2.26. The third-order valence-corrected chi connectivity index (χ3v) is 5.33. The molecule has 100 valence electrons. The number of anilines is 1. The summed E-state index contributed by atoms with van der Waals surface area (Å²) in [4.78, 5) is 0. The lowest BCUT2D eigenvalue weighted by molar-refractivity contribution is 0.388. The Morgan fingerprint density at radius 1 is 1.33 bits per heavy atom. The van der Waals surface area contributed by atoms with Gasteiger partial charge in [0.1, 0.15) is 0 Å². The van der Waals surface area contributed by atoms with Crippen LogP contribution in [-0.4, -0.2) is 25.0 Å². The second-order valence-electron chi connectivity index (χ2n) is 5.28. The molecule has 2 N–H and O–H groups in total. The van der Waals surface area contributed by atoms with Crippen molar-refractivity contribution in [2.75, 3.05) is 18.0 Å². The Kier molecular flexibility index (Phi) is 3.64. The van der Waals surface area contributed by atoms with Crippen LogP contribution in [0.3, 0.4) is 0 Å². The number of nitrogens with two attached hydrogens (primary N) is 1. The van der Waals surface area contributed by atoms with Gasteiger partial charge in [-0.15, -0.1) is 0 Å². The number of hydrogen-bond acceptors (Lipinski definition) is 3. The average molecular weight is 268 g/mol. The van der Waals surface area contributed by atoms with Crippen molar-refractivity contribution >= 4 is 15.7 Å². The minimum Gasteiger partial charge on any atom is -0.399 e. The molecule has 5 heteroatoms. The van der Waals surface area contributed by atoms with Gasteiger partial charge >= 0.3 is 0 Å². The van der Waals surface area contributed by atoms with E-state index in [2.05, 4.69) is 0 Å². The van der Waals surface area contributed by atoms with Crippen molar-refractivity contribution in [1.82, 2.24) is 4.31 Å². The molecule has 4 nitrogen and oxygen atoms in total. The van der Waals surface area contributed by atoms with Crippen LogP contribution in [0.25, 0.3) is 0 Å². The molecule has 0 saturated carbocycles. The van der Waals surface area contributed by atoms with Gasteiger partial charge in [0.2, 0.25) is 10.0 Å². The van der Waals surface area contributed by atoms with Gasteiger partial charge in [0, 0.05) is 18.8 Å². The normalized spacial score (nSPS) is 16.8. The zero-order valence-electron chi connectivity index (χ0n) is 10.9. The van der Waals surface area contributed by atoms with E-state index in [4.69, 9.17) is 5.73 Å². The maximum absolute atomic E-state index is 12.2. The van der Waals surface area contributed by atoms with Crippen LogP contribution in [0.5, 0.6) is 0 Å². The number of nitrogen functional groups attached to an aromatic ring is 1. The summed E-state index contributed by atoms with van der Waals surface area (Å²) in [5, 5.41) is 0. The van der Waals surface area contributed by atoms with Gasteiger partial charge < -0.3 is 5.73 Å². The number of rotatable bonds is 3. The Morgan fingerprint density at radius 2 is 2.06 bits per heavy atom. The van der Waals surface area contributed by atoms with Crippen LogP contribution in [0, 0.1) is 5.92 Å². The van der Waals surface area contributed by atoms with Crippen LogP contribution in [0.1, 0.15) is 25.0 Å². The SMILES string of the molecule is CC(C)CS(=O)(=O)N1CCc2ccc(N)cc2C1. The first-order valence-electron chi connectivity index (χ1n) is 6.23. The molecule has 0 aromatic heterocycles. The van der Waals surface area contributed by atoms with Crippen molar-refractivity contribution in [2.45, 2.75) is 26.8 Å². The largest absolute Gasteiger partial charge is 0.399 e. The second kappa shape index (κ2) is 4.90. The Morgan fingerprint density at radius 3 is 2.72 bits per heavy atom. The summed E-state index contributed by atoms with van der Waals surface area (Å²) in [5.41, 5.74) is 8.68. The maximum atomic E-state index is 12.2. The minimum absolute atomic E-state index is 0.150. The molecule has 1 heterocycles. The predicted molar refractivity (Wildman–Crippen MR) is 73.6 cm³/mol. The van der Waals surface area contributed by atoms with Gasteiger partial charge in [-0.2, -0.15) is 4.31 Å². The van der Waals surface area contributed by atoms with E-state index in [1.54, 1.807) is 4.31 Å². The quantitative estimate of drug-likeness (QED) is 0.847. The Bertz CT molecular complexity index is 538. The van der Waals surface area contributed by atoms with E-state index < -0.39 is 10.0 Å². The number of sulfonamides is 1. The first-order chi connectivity index (χ1) is 8.38. The molecule has 1 aromatic carbocycles. The van der Waals surface area contributed by atoms with E-state index >= 15 is 0 Å². The zero-order valence-corrected chi connectivity index (χ0v) is 11.7. The molecular weight excluding hydrogens is 248 g/mol. The molecule has 0 aliphatic carbocycles. The molecule has 1 aromatic rings. The van der Waals surface area contributed by atoms with Crippen molar-refractivity contribution in [3.8, 4) is 0 Å². The van der Waals surface area contributed by atoms with Crippen LogP contribution in [-0.2, 0) is 23.0 Å². The highest BCUT2D eigenvalue weighted by molar-refractivity contribution is 7.89. The third kappa shape index (κ3) is 2.84. The van der Waals surface area contributed by atoms with E-state index in [1.165, 1.54) is 5.56 Å². The molecule has 18 heavy (non-hydrogen) atoms. The molecule has 0 saturated heterocycles. The Hall–Kier alpha value is -1.07. The molecule has 0 unspecified atom stereocenters. The molecule has 0 amide bonds. The number of hydrogen-bond donors (Lipinski definition) is 1. The molecule has 2 rings (SSSR count). The molecule has 0 atom stereocenters. The lowest BCUT2D eigenvalue weighted by Gasteiger charge is -2.28. The lowest BCUT2D eigenvalue weighted by Crippen LogP contribution is -2.38. The zero-order chi connectivity index (χ0) is 13.3. The van der Waals surface area contributed by atoms with Crippen LogP contribution in [0.4, 0.5) is 5.69 Å². The first kappa shape index (κ1) is 13.4. The number of benzene rings is 1. The second-order valence-corrected chi connectivity index (χ2v) is 7.30. The van der Waals surface area contributed by atoms with E-state index in [0.29, 0.717) is 18.8 Å². The van der Waals surface area contributed by atoms with Crippen molar-refractivity contribution in [2.24, 2.45) is 5.92 Å². The molecule has 0 spiro atoms. The maximum Gasteiger partial charge on any atom is 0.214 e. The van der Waals surface area contributed by atoms with Gasteiger partial charge in [-0.3, -0.25) is 0 Å². The Labute approximate surface area is 109 Å². The van der Waals surface area contributed by atoms with E-state index in [9.17, 15) is 8.42 Å². The fourth-order valence-corrected chi connectivity index (χ4v) is 4.07. The summed E-state index contributed by atoms with van der Waals surface area (Å²) in [6.45, 7) is 4.88. The molecule has 0 bridgehead atoms. The number of fused-ring (bicyclic) bond motifs is 1. The van der Waals surface area contributed by atoms with Crippen LogP contribution in [0.15, 0.2) is 18.2 Å². The van der Waals surface area contributed by atoms with Gasteiger partial charge in [0.25, 0.3) is 0 Å². The summed E-state index contributed by atoms with van der Waals surface area (Å²) < 4.78 is 25.9. The monoisotopic (exact) mass is 268 g/mol. The van der Waals surface area contributed by atoms with Crippen molar-refractivity contribution < 1.29 is 8.42 Å². The van der Waals surface area contributed by atoms with Gasteiger partial charge in [0.05, 0.1) is 5.75 Å². The lowest BCUT2D eigenvalue weighted by atomic mass is 10.0. The minimum atomic E-state index is -3.15. The van der Waals surface area contributed by atoms with E-state index in [-0.39, 0.29) is 11.7 Å². The highest BCUT2D eigenvalue weighted by Gasteiger charge is 2.27. The fraction of sp³-hybridized carbons (Fsp3) is 0.538. The van der Waals surface area contributed by atoms with E-state index in [1.807, 2.05) is 32.0 Å². The highest BCUT2D eigenvalue weighted by Crippen LogP contribution is 2.23. The third-order valence-electron chi connectivity index (χ3n) is 3.14. The van der Waals surface area contributed by atoms with Gasteiger partial charge in [-0.1, -0.05) is 19.9 Å². The standard InChI is InChI=1S/C13H20N2O2S/c1-10(2)9-18(16,17)15-6-5-11-3-4-13(14)7-12(11)8-15/h3-4,7,10H,5-6,8-9,14H2,1-2H3. The number of nitrogens with zero attached hydrogens (tertiary/aromatic N) is 1. The van der Waals surface area contributed by atoms with Gasteiger partial charge in [-0.05, 0) is 35.6 Å². The summed E-state index contributed by atoms with van der Waals surface area (Å²) in [7, 11) is -3.15. The van der Waals surface area contributed by atoms with Crippen LogP contribution < -0.4 is 5.73 Å². The predicted octanol–water partition coefficient (Wildman–Crippen LogP) is 1.61. The summed E-state index contributed by atoms with van der Waals surface area (Å²) >= 11 is 0. The smallest absolute Gasteiger partial charge is 0.214 e.